The molecule has 1 heterocycles. The number of nitrogens with zero attached hydrogens (tertiary/aromatic N) is 1. The fourth-order valence-corrected chi connectivity index (χ4v) is 2.34. The first kappa shape index (κ1) is 14.5. The van der Waals surface area contributed by atoms with Gasteiger partial charge in [0.2, 0.25) is 0 Å². The quantitative estimate of drug-likeness (QED) is 0.938. The van der Waals surface area contributed by atoms with E-state index in [1.807, 2.05) is 24.3 Å². The largest absolute Gasteiger partial charge is 0.496 e. The zero-order valence-electron chi connectivity index (χ0n) is 9.62. The molecule has 0 saturated heterocycles. The molecule has 1 N–H and O–H groups in total. The molecular formula is C12H12ClNO3S. The molecule has 1 aromatic carbocycles. The van der Waals surface area contributed by atoms with Gasteiger partial charge in [-0.15, -0.1) is 23.7 Å². The lowest BCUT2D eigenvalue weighted by Crippen LogP contribution is -1.99. The number of halogens is 1. The minimum Gasteiger partial charge on any atom is -0.496 e. The van der Waals surface area contributed by atoms with Crippen LogP contribution < -0.4 is 4.74 Å². The van der Waals surface area contributed by atoms with Crippen molar-refractivity contribution >= 4 is 29.7 Å². The Morgan fingerprint density at radius 1 is 1.44 bits per heavy atom. The van der Waals surface area contributed by atoms with Crippen molar-refractivity contribution in [1.29, 1.82) is 0 Å². The molecule has 1 aromatic heterocycles. The summed E-state index contributed by atoms with van der Waals surface area (Å²) < 4.78 is 5.24. The molecule has 2 aromatic rings. The highest BCUT2D eigenvalue weighted by molar-refractivity contribution is 7.13. The summed E-state index contributed by atoms with van der Waals surface area (Å²) in [7, 11) is 1.60. The van der Waals surface area contributed by atoms with Crippen molar-refractivity contribution < 1.29 is 14.6 Å². The molecule has 96 valence electrons. The van der Waals surface area contributed by atoms with Crippen molar-refractivity contribution in [3.63, 3.8) is 0 Å². The molecule has 2 rings (SSSR count). The van der Waals surface area contributed by atoms with E-state index in [0.717, 1.165) is 16.3 Å². The molecule has 0 unspecified atom stereocenters. The Kier molecular flexibility index (Phi) is 5.12. The summed E-state index contributed by atoms with van der Waals surface area (Å²) in [6.45, 7) is 0. The molecule has 0 aliphatic rings. The Morgan fingerprint density at radius 3 is 2.83 bits per heavy atom. The van der Waals surface area contributed by atoms with Gasteiger partial charge in [-0.05, 0) is 12.1 Å². The van der Waals surface area contributed by atoms with E-state index in [2.05, 4.69) is 4.98 Å². The van der Waals surface area contributed by atoms with Gasteiger partial charge in [0.25, 0.3) is 0 Å². The maximum atomic E-state index is 10.6. The second-order valence-corrected chi connectivity index (χ2v) is 4.27. The van der Waals surface area contributed by atoms with E-state index >= 15 is 0 Å². The Morgan fingerprint density at radius 2 is 2.17 bits per heavy atom. The van der Waals surface area contributed by atoms with Gasteiger partial charge in [-0.3, -0.25) is 4.79 Å². The minimum absolute atomic E-state index is 0. The van der Waals surface area contributed by atoms with E-state index in [1.54, 1.807) is 12.5 Å². The van der Waals surface area contributed by atoms with Crippen LogP contribution in [0.5, 0.6) is 5.75 Å². The van der Waals surface area contributed by atoms with Crippen LogP contribution in [0.25, 0.3) is 10.6 Å². The number of methoxy groups -OCH3 is 1. The maximum Gasteiger partial charge on any atom is 0.309 e. The van der Waals surface area contributed by atoms with E-state index < -0.39 is 5.97 Å². The summed E-state index contributed by atoms with van der Waals surface area (Å²) in [6, 6.07) is 7.54. The number of aliphatic carboxylic acids is 1. The Labute approximate surface area is 115 Å². The van der Waals surface area contributed by atoms with Crippen LogP contribution in [0.2, 0.25) is 0 Å². The second kappa shape index (κ2) is 6.37. The van der Waals surface area contributed by atoms with Crippen LogP contribution in [-0.4, -0.2) is 23.2 Å². The van der Waals surface area contributed by atoms with Gasteiger partial charge in [0.05, 0.1) is 24.8 Å². The first-order valence-corrected chi connectivity index (χ1v) is 5.88. The van der Waals surface area contributed by atoms with Crippen LogP contribution in [0, 0.1) is 0 Å². The number of hydrogen-bond acceptors (Lipinski definition) is 4. The standard InChI is InChI=1S/C12H11NO3S.ClH/c1-16-10-5-3-2-4-9(10)12-13-8(7-17-12)6-11(14)15;/h2-5,7H,6H2,1H3,(H,14,15);1H. The summed E-state index contributed by atoms with van der Waals surface area (Å²) in [4.78, 5) is 14.9. The highest BCUT2D eigenvalue weighted by Gasteiger charge is 2.11. The number of benzene rings is 1. The molecule has 0 atom stereocenters. The van der Waals surface area contributed by atoms with Crippen LogP contribution in [0.1, 0.15) is 5.69 Å². The predicted octanol–water partition coefficient (Wildman–Crippen LogP) is 2.87. The van der Waals surface area contributed by atoms with Crippen molar-refractivity contribution in [2.75, 3.05) is 7.11 Å². The molecule has 0 saturated carbocycles. The van der Waals surface area contributed by atoms with E-state index in [1.165, 1.54) is 11.3 Å². The molecule has 0 aliphatic heterocycles. The molecule has 0 fully saturated rings. The average Bonchev–Trinajstić information content (AvgIpc) is 2.76. The molecule has 0 aliphatic carbocycles. The smallest absolute Gasteiger partial charge is 0.309 e. The van der Waals surface area contributed by atoms with Crippen LogP contribution in [0.3, 0.4) is 0 Å². The zero-order valence-corrected chi connectivity index (χ0v) is 11.3. The molecular weight excluding hydrogens is 274 g/mol. The zero-order chi connectivity index (χ0) is 12.3. The number of hydrogen-bond donors (Lipinski definition) is 1. The highest BCUT2D eigenvalue weighted by atomic mass is 35.5. The lowest BCUT2D eigenvalue weighted by molar-refractivity contribution is -0.136. The first-order valence-electron chi connectivity index (χ1n) is 5.00. The van der Waals surface area contributed by atoms with Gasteiger partial charge < -0.3 is 9.84 Å². The Bertz CT molecular complexity index is 542. The number of carbonyl (C=O) groups is 1. The van der Waals surface area contributed by atoms with Crippen molar-refractivity contribution in [3.8, 4) is 16.3 Å². The van der Waals surface area contributed by atoms with E-state index in [4.69, 9.17) is 9.84 Å². The number of ether oxygens (including phenoxy) is 1. The van der Waals surface area contributed by atoms with Crippen molar-refractivity contribution in [1.82, 2.24) is 4.98 Å². The number of carboxylic acids is 1. The molecule has 0 bridgehead atoms. The lowest BCUT2D eigenvalue weighted by atomic mass is 10.2. The Hall–Kier alpha value is -1.59. The van der Waals surface area contributed by atoms with E-state index in [0.29, 0.717) is 5.69 Å². The van der Waals surface area contributed by atoms with Gasteiger partial charge in [0, 0.05) is 5.38 Å². The number of thiazole rings is 1. The fraction of sp³-hybridized carbons (Fsp3) is 0.167. The van der Waals surface area contributed by atoms with Gasteiger partial charge in [-0.25, -0.2) is 4.98 Å². The number of aromatic nitrogens is 1. The van der Waals surface area contributed by atoms with Gasteiger partial charge in [0.1, 0.15) is 10.8 Å². The van der Waals surface area contributed by atoms with Gasteiger partial charge in [-0.2, -0.15) is 0 Å². The van der Waals surface area contributed by atoms with E-state index in [-0.39, 0.29) is 18.8 Å². The molecule has 4 nitrogen and oxygen atoms in total. The van der Waals surface area contributed by atoms with Gasteiger partial charge in [0.15, 0.2) is 0 Å². The summed E-state index contributed by atoms with van der Waals surface area (Å²) in [5, 5.41) is 11.2. The topological polar surface area (TPSA) is 59.4 Å². The first-order chi connectivity index (χ1) is 8.20. The molecule has 0 amide bonds. The van der Waals surface area contributed by atoms with Crippen molar-refractivity contribution in [3.05, 3.63) is 35.3 Å². The fourth-order valence-electron chi connectivity index (χ4n) is 1.49. The van der Waals surface area contributed by atoms with E-state index in [9.17, 15) is 4.79 Å². The minimum atomic E-state index is -0.873. The third-order valence-electron chi connectivity index (χ3n) is 2.22. The summed E-state index contributed by atoms with van der Waals surface area (Å²) >= 11 is 1.42. The number of para-hydroxylation sites is 1. The van der Waals surface area contributed by atoms with Gasteiger partial charge >= 0.3 is 5.97 Å². The molecule has 0 radical (unpaired) electrons. The van der Waals surface area contributed by atoms with Crippen molar-refractivity contribution in [2.24, 2.45) is 0 Å². The van der Waals surface area contributed by atoms with Crippen LogP contribution >= 0.6 is 23.7 Å². The molecule has 0 spiro atoms. The summed E-state index contributed by atoms with van der Waals surface area (Å²) in [6.07, 6.45) is -0.0500. The monoisotopic (exact) mass is 285 g/mol. The summed E-state index contributed by atoms with van der Waals surface area (Å²) in [5.41, 5.74) is 1.46. The lowest BCUT2D eigenvalue weighted by Gasteiger charge is -2.04. The van der Waals surface area contributed by atoms with Gasteiger partial charge in [-0.1, -0.05) is 12.1 Å². The van der Waals surface area contributed by atoms with Crippen molar-refractivity contribution in [2.45, 2.75) is 6.42 Å². The van der Waals surface area contributed by atoms with Crippen LogP contribution in [0.15, 0.2) is 29.6 Å². The molecule has 18 heavy (non-hydrogen) atoms. The Balaban J connectivity index is 0.00000162. The average molecular weight is 286 g/mol. The predicted molar refractivity (Wildman–Crippen MR) is 72.7 cm³/mol. The van der Waals surface area contributed by atoms with Crippen LogP contribution in [-0.2, 0) is 11.2 Å². The molecule has 6 heteroatoms. The highest BCUT2D eigenvalue weighted by Crippen LogP contribution is 2.31. The third-order valence-corrected chi connectivity index (χ3v) is 3.15. The van der Waals surface area contributed by atoms with Crippen LogP contribution in [0.4, 0.5) is 0 Å². The number of rotatable bonds is 4. The summed E-state index contributed by atoms with van der Waals surface area (Å²) in [5.74, 6) is -0.134. The normalized spacial score (nSPS) is 9.61. The SMILES string of the molecule is COc1ccccc1-c1nc(CC(=O)O)cs1.Cl. The maximum absolute atomic E-state index is 10.6. The second-order valence-electron chi connectivity index (χ2n) is 3.41. The number of carboxylic acid groups (broad SMARTS) is 1. The third kappa shape index (κ3) is 3.21.